The lowest BCUT2D eigenvalue weighted by Crippen LogP contribution is -2.22. The van der Waals surface area contributed by atoms with Gasteiger partial charge in [0.05, 0.1) is 7.11 Å². The zero-order valence-corrected chi connectivity index (χ0v) is 8.99. The lowest BCUT2D eigenvalue weighted by Gasteiger charge is -2.15. The van der Waals surface area contributed by atoms with Gasteiger partial charge >= 0.3 is 0 Å². The van der Waals surface area contributed by atoms with Gasteiger partial charge in [-0.15, -0.1) is 0 Å². The molecule has 1 aromatic rings. The number of hydroxylamine groups is 1. The summed E-state index contributed by atoms with van der Waals surface area (Å²) in [6, 6.07) is 5.74. The third-order valence-electron chi connectivity index (χ3n) is 2.74. The number of carbonyl (C=O) groups is 1. The number of aryl methyl sites for hydroxylation is 1. The van der Waals surface area contributed by atoms with E-state index in [1.807, 2.05) is 18.2 Å². The highest BCUT2D eigenvalue weighted by atomic mass is 16.5. The van der Waals surface area contributed by atoms with E-state index in [1.54, 1.807) is 18.7 Å². The number of methoxy groups -OCH3 is 1. The smallest absolute Gasteiger partial charge is 0.270 e. The summed E-state index contributed by atoms with van der Waals surface area (Å²) >= 11 is 0. The Hall–Kier alpha value is -1.81. The standard InChI is InChI=1S/C12H13NO3/c1-16-11-5-4-8-6-10(12(14)13-15)3-2-9(8)7-11/h4-7,15H,2-3H2,1H3,(H,13,14). The van der Waals surface area contributed by atoms with Crippen LogP contribution < -0.4 is 10.2 Å². The number of hydrogen-bond acceptors (Lipinski definition) is 3. The zero-order valence-electron chi connectivity index (χ0n) is 8.99. The summed E-state index contributed by atoms with van der Waals surface area (Å²) in [6.07, 6.45) is 3.21. The van der Waals surface area contributed by atoms with E-state index in [1.165, 1.54) is 0 Å². The molecule has 4 nitrogen and oxygen atoms in total. The van der Waals surface area contributed by atoms with Crippen molar-refractivity contribution in [3.63, 3.8) is 0 Å². The van der Waals surface area contributed by atoms with Crippen LogP contribution in [0.3, 0.4) is 0 Å². The molecule has 0 saturated heterocycles. The molecule has 0 radical (unpaired) electrons. The van der Waals surface area contributed by atoms with E-state index in [-0.39, 0.29) is 0 Å². The highest BCUT2D eigenvalue weighted by molar-refractivity contribution is 5.97. The second-order valence-electron chi connectivity index (χ2n) is 3.68. The molecule has 0 bridgehead atoms. The summed E-state index contributed by atoms with van der Waals surface area (Å²) in [6.45, 7) is 0. The molecule has 1 amide bonds. The molecule has 0 saturated carbocycles. The van der Waals surface area contributed by atoms with E-state index in [0.717, 1.165) is 23.3 Å². The molecule has 1 aliphatic carbocycles. The number of nitrogens with one attached hydrogen (secondary N) is 1. The van der Waals surface area contributed by atoms with E-state index in [2.05, 4.69) is 0 Å². The van der Waals surface area contributed by atoms with Crippen molar-refractivity contribution in [2.24, 2.45) is 0 Å². The minimum Gasteiger partial charge on any atom is -0.497 e. The first-order chi connectivity index (χ1) is 7.74. The third kappa shape index (κ3) is 1.92. The Morgan fingerprint density at radius 3 is 2.94 bits per heavy atom. The molecule has 0 aliphatic heterocycles. The van der Waals surface area contributed by atoms with Gasteiger partial charge in [-0.05, 0) is 42.2 Å². The zero-order chi connectivity index (χ0) is 11.5. The van der Waals surface area contributed by atoms with E-state index >= 15 is 0 Å². The predicted octanol–water partition coefficient (Wildman–Crippen LogP) is 1.53. The molecule has 0 atom stereocenters. The van der Waals surface area contributed by atoms with Crippen LogP contribution in [0.4, 0.5) is 0 Å². The average Bonchev–Trinajstić information content (AvgIpc) is 2.36. The Labute approximate surface area is 93.5 Å². The Bertz CT molecular complexity index is 452. The summed E-state index contributed by atoms with van der Waals surface area (Å²) in [4.78, 5) is 11.2. The third-order valence-corrected chi connectivity index (χ3v) is 2.74. The first-order valence-corrected chi connectivity index (χ1v) is 5.06. The molecule has 16 heavy (non-hydrogen) atoms. The minimum atomic E-state index is -0.429. The summed E-state index contributed by atoms with van der Waals surface area (Å²) in [5.74, 6) is 0.392. The monoisotopic (exact) mass is 219 g/mol. The Morgan fingerprint density at radius 2 is 2.25 bits per heavy atom. The Kier molecular flexibility index (Phi) is 2.92. The van der Waals surface area contributed by atoms with Crippen molar-refractivity contribution in [1.29, 1.82) is 0 Å². The molecular weight excluding hydrogens is 206 g/mol. The molecule has 2 rings (SSSR count). The van der Waals surface area contributed by atoms with Gasteiger partial charge in [-0.1, -0.05) is 6.07 Å². The van der Waals surface area contributed by atoms with Crippen LogP contribution in [0, 0.1) is 0 Å². The van der Waals surface area contributed by atoms with Crippen molar-refractivity contribution in [2.45, 2.75) is 12.8 Å². The Balaban J connectivity index is 2.34. The molecule has 4 heteroatoms. The normalized spacial score (nSPS) is 13.8. The van der Waals surface area contributed by atoms with Crippen LogP contribution in [0.15, 0.2) is 23.8 Å². The maximum atomic E-state index is 11.2. The van der Waals surface area contributed by atoms with Gasteiger partial charge in [0, 0.05) is 5.57 Å². The Morgan fingerprint density at radius 1 is 1.44 bits per heavy atom. The summed E-state index contributed by atoms with van der Waals surface area (Å²) in [7, 11) is 1.63. The topological polar surface area (TPSA) is 58.6 Å². The maximum Gasteiger partial charge on any atom is 0.270 e. The lowest BCUT2D eigenvalue weighted by molar-refractivity contribution is -0.125. The molecule has 84 valence electrons. The second kappa shape index (κ2) is 4.37. The molecule has 1 aliphatic rings. The van der Waals surface area contributed by atoms with Crippen LogP contribution in [0.25, 0.3) is 6.08 Å². The fourth-order valence-corrected chi connectivity index (χ4v) is 1.85. The largest absolute Gasteiger partial charge is 0.497 e. The highest BCUT2D eigenvalue weighted by Gasteiger charge is 2.15. The number of fused-ring (bicyclic) bond motifs is 1. The molecule has 0 aromatic heterocycles. The number of benzene rings is 1. The molecule has 1 aromatic carbocycles. The fraction of sp³-hybridized carbons (Fsp3) is 0.250. The maximum absolute atomic E-state index is 11.2. The van der Waals surface area contributed by atoms with E-state index in [0.29, 0.717) is 12.0 Å². The van der Waals surface area contributed by atoms with Gasteiger partial charge in [-0.25, -0.2) is 5.48 Å². The van der Waals surface area contributed by atoms with Crippen LogP contribution in [0.2, 0.25) is 0 Å². The number of rotatable bonds is 2. The van der Waals surface area contributed by atoms with Crippen molar-refractivity contribution < 1.29 is 14.7 Å². The van der Waals surface area contributed by atoms with Crippen LogP contribution in [0.1, 0.15) is 17.5 Å². The first kappa shape index (κ1) is 10.7. The minimum absolute atomic E-state index is 0.429. The number of amides is 1. The first-order valence-electron chi connectivity index (χ1n) is 5.06. The number of hydrogen-bond donors (Lipinski definition) is 2. The van der Waals surface area contributed by atoms with Crippen molar-refractivity contribution in [3.05, 3.63) is 34.9 Å². The van der Waals surface area contributed by atoms with E-state index in [9.17, 15) is 4.79 Å². The molecule has 0 unspecified atom stereocenters. The van der Waals surface area contributed by atoms with E-state index in [4.69, 9.17) is 9.94 Å². The molecule has 0 heterocycles. The molecule has 2 N–H and O–H groups in total. The van der Waals surface area contributed by atoms with Gasteiger partial charge < -0.3 is 4.74 Å². The van der Waals surface area contributed by atoms with Crippen molar-refractivity contribution in [1.82, 2.24) is 5.48 Å². The highest BCUT2D eigenvalue weighted by Crippen LogP contribution is 2.27. The molecule has 0 spiro atoms. The number of ether oxygens (including phenoxy) is 1. The van der Waals surface area contributed by atoms with Crippen LogP contribution >= 0.6 is 0 Å². The van der Waals surface area contributed by atoms with Gasteiger partial charge in [0.1, 0.15) is 5.75 Å². The van der Waals surface area contributed by atoms with Gasteiger partial charge in [0.2, 0.25) is 0 Å². The van der Waals surface area contributed by atoms with Crippen molar-refractivity contribution >= 4 is 12.0 Å². The molecular formula is C12H13NO3. The quantitative estimate of drug-likeness (QED) is 0.585. The van der Waals surface area contributed by atoms with Gasteiger partial charge in [0.15, 0.2) is 0 Å². The van der Waals surface area contributed by atoms with Crippen molar-refractivity contribution in [2.75, 3.05) is 7.11 Å². The van der Waals surface area contributed by atoms with Crippen LogP contribution in [0.5, 0.6) is 5.75 Å². The van der Waals surface area contributed by atoms with Gasteiger partial charge in [-0.2, -0.15) is 0 Å². The van der Waals surface area contributed by atoms with Crippen molar-refractivity contribution in [3.8, 4) is 5.75 Å². The lowest BCUT2D eigenvalue weighted by atomic mass is 9.92. The summed E-state index contributed by atoms with van der Waals surface area (Å²) in [5.41, 5.74) is 4.42. The molecule has 0 fully saturated rings. The number of carbonyl (C=O) groups excluding carboxylic acids is 1. The fourth-order valence-electron chi connectivity index (χ4n) is 1.85. The van der Waals surface area contributed by atoms with E-state index < -0.39 is 5.91 Å². The van der Waals surface area contributed by atoms with Gasteiger partial charge in [-0.3, -0.25) is 10.0 Å². The second-order valence-corrected chi connectivity index (χ2v) is 3.68. The summed E-state index contributed by atoms with van der Waals surface area (Å²) < 4.78 is 5.14. The predicted molar refractivity (Wildman–Crippen MR) is 59.2 cm³/mol. The SMILES string of the molecule is COc1ccc2c(c1)CCC(C(=O)NO)=C2. The van der Waals surface area contributed by atoms with Crippen LogP contribution in [-0.4, -0.2) is 18.2 Å². The van der Waals surface area contributed by atoms with Crippen LogP contribution in [-0.2, 0) is 11.2 Å². The van der Waals surface area contributed by atoms with Gasteiger partial charge in [0.25, 0.3) is 5.91 Å². The average molecular weight is 219 g/mol. The summed E-state index contributed by atoms with van der Waals surface area (Å²) in [5, 5.41) is 8.56.